The van der Waals surface area contributed by atoms with Gasteiger partial charge in [0.25, 0.3) is 0 Å². The lowest BCUT2D eigenvalue weighted by Crippen LogP contribution is -2.52. The predicted octanol–water partition coefficient (Wildman–Crippen LogP) is 1.25. The summed E-state index contributed by atoms with van der Waals surface area (Å²) >= 11 is 0. The highest BCUT2D eigenvalue weighted by Gasteiger charge is 2.45. The van der Waals surface area contributed by atoms with Gasteiger partial charge in [-0.25, -0.2) is 8.42 Å². The van der Waals surface area contributed by atoms with Crippen LogP contribution in [0, 0.1) is 5.41 Å². The van der Waals surface area contributed by atoms with Crippen LogP contribution >= 0.6 is 0 Å². The molecule has 0 bridgehead atoms. The lowest BCUT2D eigenvalue weighted by Gasteiger charge is -2.34. The number of hydrogen-bond donors (Lipinski definition) is 0. The standard InChI is InChI=1S/C18H24N2O4S/c1-18(2,16(21)19(3)14-9-11-25(23,24)12-14)17(22)20-10-8-13-6-4-5-7-15(13)20/h4-7,14H,8-12H2,1-3H3. The molecule has 2 amide bonds. The highest BCUT2D eigenvalue weighted by atomic mass is 32.2. The monoisotopic (exact) mass is 364 g/mol. The first kappa shape index (κ1) is 17.9. The van der Waals surface area contributed by atoms with E-state index in [9.17, 15) is 18.0 Å². The van der Waals surface area contributed by atoms with Gasteiger partial charge in [-0.05, 0) is 38.3 Å². The van der Waals surface area contributed by atoms with Crippen molar-refractivity contribution < 1.29 is 18.0 Å². The molecule has 25 heavy (non-hydrogen) atoms. The number of amides is 2. The van der Waals surface area contributed by atoms with E-state index in [1.807, 2.05) is 24.3 Å². The molecule has 7 heteroatoms. The third-order valence-corrected chi connectivity index (χ3v) is 7.03. The highest BCUT2D eigenvalue weighted by molar-refractivity contribution is 7.91. The van der Waals surface area contributed by atoms with E-state index < -0.39 is 15.3 Å². The Morgan fingerprint density at radius 2 is 1.92 bits per heavy atom. The van der Waals surface area contributed by atoms with Crippen LogP contribution in [-0.2, 0) is 25.8 Å². The Labute approximate surface area is 148 Å². The fraction of sp³-hybridized carbons (Fsp3) is 0.556. The van der Waals surface area contributed by atoms with Gasteiger partial charge in [0.15, 0.2) is 9.84 Å². The number of nitrogens with zero attached hydrogens (tertiary/aromatic N) is 2. The molecule has 6 nitrogen and oxygen atoms in total. The smallest absolute Gasteiger partial charge is 0.242 e. The molecular weight excluding hydrogens is 340 g/mol. The molecule has 2 aliphatic heterocycles. The van der Waals surface area contributed by atoms with Crippen molar-refractivity contribution in [3.8, 4) is 0 Å². The Morgan fingerprint density at radius 1 is 1.24 bits per heavy atom. The number of carbonyl (C=O) groups excluding carboxylic acids is 2. The fourth-order valence-electron chi connectivity index (χ4n) is 3.67. The zero-order chi connectivity index (χ0) is 18.4. The number of rotatable bonds is 3. The summed E-state index contributed by atoms with van der Waals surface area (Å²) in [5, 5.41) is 0. The largest absolute Gasteiger partial charge is 0.341 e. The SMILES string of the molecule is CN(C(=O)C(C)(C)C(=O)N1CCc2ccccc21)C1CCS(=O)(=O)C1. The molecule has 1 unspecified atom stereocenters. The maximum absolute atomic E-state index is 13.1. The summed E-state index contributed by atoms with van der Waals surface area (Å²) in [6, 6.07) is 7.36. The van der Waals surface area contributed by atoms with Gasteiger partial charge in [0, 0.05) is 25.3 Å². The zero-order valence-corrected chi connectivity index (χ0v) is 15.7. The first-order chi connectivity index (χ1) is 11.6. The van der Waals surface area contributed by atoms with Crippen LogP contribution in [0.25, 0.3) is 0 Å². The maximum Gasteiger partial charge on any atom is 0.242 e. The van der Waals surface area contributed by atoms with Gasteiger partial charge in [-0.2, -0.15) is 0 Å². The second-order valence-corrected chi connectivity index (χ2v) is 9.66. The minimum absolute atomic E-state index is 0.0218. The maximum atomic E-state index is 13.1. The predicted molar refractivity (Wildman–Crippen MR) is 96.1 cm³/mol. The molecule has 136 valence electrons. The van der Waals surface area contributed by atoms with Crippen LogP contribution in [-0.4, -0.2) is 56.3 Å². The van der Waals surface area contributed by atoms with Crippen molar-refractivity contribution in [2.24, 2.45) is 5.41 Å². The first-order valence-corrected chi connectivity index (χ1v) is 10.3. The number of benzene rings is 1. The Hall–Kier alpha value is -1.89. The molecule has 2 heterocycles. The van der Waals surface area contributed by atoms with Gasteiger partial charge < -0.3 is 9.80 Å². The minimum Gasteiger partial charge on any atom is -0.341 e. The molecule has 1 aromatic rings. The number of carbonyl (C=O) groups is 2. The van der Waals surface area contributed by atoms with Crippen molar-refractivity contribution in [2.45, 2.75) is 32.7 Å². The van der Waals surface area contributed by atoms with Gasteiger partial charge in [0.2, 0.25) is 11.8 Å². The van der Waals surface area contributed by atoms with Gasteiger partial charge in [-0.15, -0.1) is 0 Å². The Morgan fingerprint density at radius 3 is 2.56 bits per heavy atom. The summed E-state index contributed by atoms with van der Waals surface area (Å²) in [4.78, 5) is 29.2. The molecule has 0 N–H and O–H groups in total. The van der Waals surface area contributed by atoms with E-state index in [-0.39, 0.29) is 29.4 Å². The van der Waals surface area contributed by atoms with Crippen LogP contribution in [0.2, 0.25) is 0 Å². The van der Waals surface area contributed by atoms with Crippen LogP contribution in [0.5, 0.6) is 0 Å². The van der Waals surface area contributed by atoms with E-state index in [0.717, 1.165) is 17.7 Å². The van der Waals surface area contributed by atoms with Crippen molar-refractivity contribution in [1.29, 1.82) is 0 Å². The van der Waals surface area contributed by atoms with Crippen LogP contribution < -0.4 is 4.90 Å². The fourth-order valence-corrected chi connectivity index (χ4v) is 5.44. The quantitative estimate of drug-likeness (QED) is 0.757. The van der Waals surface area contributed by atoms with Gasteiger partial charge in [-0.3, -0.25) is 9.59 Å². The molecule has 2 aliphatic rings. The summed E-state index contributed by atoms with van der Waals surface area (Å²) in [5.41, 5.74) is 0.729. The summed E-state index contributed by atoms with van der Waals surface area (Å²) in [6.07, 6.45) is 1.21. The molecule has 0 radical (unpaired) electrons. The summed E-state index contributed by atoms with van der Waals surface area (Å²) in [5.74, 6) is -0.492. The summed E-state index contributed by atoms with van der Waals surface area (Å²) in [6.45, 7) is 3.81. The third kappa shape index (κ3) is 3.17. The van der Waals surface area contributed by atoms with Gasteiger partial charge in [0.1, 0.15) is 5.41 Å². The van der Waals surface area contributed by atoms with E-state index in [1.165, 1.54) is 4.90 Å². The summed E-state index contributed by atoms with van der Waals surface area (Å²) < 4.78 is 23.4. The van der Waals surface area contributed by atoms with E-state index in [0.29, 0.717) is 13.0 Å². The Kier molecular flexibility index (Phi) is 4.39. The molecule has 0 aliphatic carbocycles. The van der Waals surface area contributed by atoms with Gasteiger partial charge in [-0.1, -0.05) is 18.2 Å². The molecule has 0 spiro atoms. The minimum atomic E-state index is -3.08. The number of anilines is 1. The molecule has 1 saturated heterocycles. The number of hydrogen-bond acceptors (Lipinski definition) is 4. The molecule has 3 rings (SSSR count). The van der Waals surface area contributed by atoms with Gasteiger partial charge >= 0.3 is 0 Å². The van der Waals surface area contributed by atoms with Gasteiger partial charge in [0.05, 0.1) is 11.5 Å². The lowest BCUT2D eigenvalue weighted by atomic mass is 9.89. The number of para-hydroxylation sites is 1. The van der Waals surface area contributed by atoms with Crippen molar-refractivity contribution in [3.05, 3.63) is 29.8 Å². The van der Waals surface area contributed by atoms with E-state index in [4.69, 9.17) is 0 Å². The van der Waals surface area contributed by atoms with Crippen LogP contribution in [0.15, 0.2) is 24.3 Å². The van der Waals surface area contributed by atoms with Crippen molar-refractivity contribution >= 4 is 27.3 Å². The number of fused-ring (bicyclic) bond motifs is 1. The molecule has 1 aromatic carbocycles. The third-order valence-electron chi connectivity index (χ3n) is 5.28. The normalized spacial score (nSPS) is 21.9. The van der Waals surface area contributed by atoms with Crippen molar-refractivity contribution in [2.75, 3.05) is 30.0 Å². The molecule has 0 saturated carbocycles. The van der Waals surface area contributed by atoms with Crippen LogP contribution in [0.3, 0.4) is 0 Å². The molecule has 0 aromatic heterocycles. The molecule has 1 atom stereocenters. The Balaban J connectivity index is 1.79. The Bertz CT molecular complexity index is 816. The number of sulfone groups is 1. The van der Waals surface area contributed by atoms with E-state index in [2.05, 4.69) is 0 Å². The second-order valence-electron chi connectivity index (χ2n) is 7.43. The lowest BCUT2D eigenvalue weighted by molar-refractivity contribution is -0.147. The van der Waals surface area contributed by atoms with Crippen molar-refractivity contribution in [3.63, 3.8) is 0 Å². The molecular formula is C18H24N2O4S. The first-order valence-electron chi connectivity index (χ1n) is 8.51. The van der Waals surface area contributed by atoms with E-state index >= 15 is 0 Å². The zero-order valence-electron chi connectivity index (χ0n) is 14.9. The van der Waals surface area contributed by atoms with E-state index in [1.54, 1.807) is 25.8 Å². The average Bonchev–Trinajstić information content (AvgIpc) is 3.15. The average molecular weight is 364 g/mol. The second kappa shape index (κ2) is 6.12. The summed E-state index contributed by atoms with van der Waals surface area (Å²) in [7, 11) is -1.49. The molecule has 1 fully saturated rings. The van der Waals surface area contributed by atoms with Crippen molar-refractivity contribution in [1.82, 2.24) is 4.90 Å². The topological polar surface area (TPSA) is 74.8 Å². The van der Waals surface area contributed by atoms with Crippen LogP contribution in [0.1, 0.15) is 25.8 Å². The van der Waals surface area contributed by atoms with Crippen LogP contribution in [0.4, 0.5) is 5.69 Å². The highest BCUT2D eigenvalue weighted by Crippen LogP contribution is 2.33.